The molecule has 1 aliphatic heterocycles. The number of carbonyl (C=O) groups is 1. The van der Waals surface area contributed by atoms with Crippen LogP contribution in [0.15, 0.2) is 30.3 Å². The average Bonchev–Trinajstić information content (AvgIpc) is 2.38. The number of aliphatic hydroxyl groups is 2. The van der Waals surface area contributed by atoms with Crippen molar-refractivity contribution in [2.24, 2.45) is 0 Å². The standard InChI is InChI=1S/C12H16N2O4/c15-11(16)10-6-7-14(12(17)18-10)13-8-9-4-2-1-3-5-9/h1-5,10-11,13,15-16H,6-8H2/t10-/m1/s1. The molecule has 1 fully saturated rings. The first-order chi connectivity index (χ1) is 8.66. The van der Waals surface area contributed by atoms with Crippen molar-refractivity contribution in [3.8, 4) is 0 Å². The molecule has 6 heteroatoms. The lowest BCUT2D eigenvalue weighted by molar-refractivity contribution is -0.144. The number of hydrazine groups is 1. The van der Waals surface area contributed by atoms with E-state index in [0.717, 1.165) is 5.56 Å². The van der Waals surface area contributed by atoms with Crippen molar-refractivity contribution in [3.63, 3.8) is 0 Å². The van der Waals surface area contributed by atoms with Crippen LogP contribution in [0.2, 0.25) is 0 Å². The molecule has 98 valence electrons. The van der Waals surface area contributed by atoms with Crippen molar-refractivity contribution in [1.82, 2.24) is 10.4 Å². The lowest BCUT2D eigenvalue weighted by atomic mass is 10.2. The van der Waals surface area contributed by atoms with E-state index in [0.29, 0.717) is 19.5 Å². The summed E-state index contributed by atoms with van der Waals surface area (Å²) in [4.78, 5) is 11.5. The van der Waals surface area contributed by atoms with E-state index >= 15 is 0 Å². The largest absolute Gasteiger partial charge is 0.440 e. The van der Waals surface area contributed by atoms with Gasteiger partial charge < -0.3 is 14.9 Å². The number of cyclic esters (lactones) is 1. The Bertz CT molecular complexity index is 396. The number of rotatable bonds is 4. The van der Waals surface area contributed by atoms with Gasteiger partial charge in [-0.2, -0.15) is 0 Å². The van der Waals surface area contributed by atoms with E-state index in [1.807, 2.05) is 30.3 Å². The fourth-order valence-electron chi connectivity index (χ4n) is 1.74. The molecular formula is C12H16N2O4. The Morgan fingerprint density at radius 1 is 1.39 bits per heavy atom. The molecule has 18 heavy (non-hydrogen) atoms. The Morgan fingerprint density at radius 3 is 2.72 bits per heavy atom. The van der Waals surface area contributed by atoms with Crippen LogP contribution in [-0.2, 0) is 11.3 Å². The second-order valence-corrected chi connectivity index (χ2v) is 4.10. The van der Waals surface area contributed by atoms with Crippen LogP contribution < -0.4 is 5.43 Å². The van der Waals surface area contributed by atoms with Gasteiger partial charge in [0.15, 0.2) is 12.4 Å². The molecule has 0 aromatic heterocycles. The molecule has 1 aromatic carbocycles. The summed E-state index contributed by atoms with van der Waals surface area (Å²) in [7, 11) is 0. The highest BCUT2D eigenvalue weighted by Gasteiger charge is 2.30. The number of nitrogens with one attached hydrogen (secondary N) is 1. The van der Waals surface area contributed by atoms with Crippen molar-refractivity contribution in [2.45, 2.75) is 25.4 Å². The van der Waals surface area contributed by atoms with Crippen LogP contribution in [0.3, 0.4) is 0 Å². The van der Waals surface area contributed by atoms with Gasteiger partial charge in [0.05, 0.1) is 0 Å². The number of carbonyl (C=O) groups excluding carboxylic acids is 1. The van der Waals surface area contributed by atoms with Gasteiger partial charge in [0.25, 0.3) is 0 Å². The molecule has 1 aliphatic rings. The smallest absolute Gasteiger partial charge is 0.424 e. The summed E-state index contributed by atoms with van der Waals surface area (Å²) >= 11 is 0. The van der Waals surface area contributed by atoms with Crippen LogP contribution in [0.5, 0.6) is 0 Å². The van der Waals surface area contributed by atoms with Gasteiger partial charge in [-0.25, -0.2) is 15.2 Å². The lowest BCUT2D eigenvalue weighted by Gasteiger charge is -2.32. The zero-order chi connectivity index (χ0) is 13.0. The summed E-state index contributed by atoms with van der Waals surface area (Å²) in [6.07, 6.45) is -2.67. The highest BCUT2D eigenvalue weighted by Crippen LogP contribution is 2.12. The SMILES string of the molecule is O=C1O[C@@H](C(O)O)CCN1NCc1ccccc1. The van der Waals surface area contributed by atoms with E-state index in [9.17, 15) is 4.79 Å². The number of aliphatic hydroxyl groups excluding tert-OH is 1. The van der Waals surface area contributed by atoms with Crippen molar-refractivity contribution >= 4 is 6.09 Å². The molecule has 1 heterocycles. The van der Waals surface area contributed by atoms with Crippen molar-refractivity contribution in [1.29, 1.82) is 0 Å². The minimum Gasteiger partial charge on any atom is -0.440 e. The van der Waals surface area contributed by atoms with Crippen molar-refractivity contribution in [3.05, 3.63) is 35.9 Å². The zero-order valence-electron chi connectivity index (χ0n) is 9.82. The number of amides is 1. The van der Waals surface area contributed by atoms with Crippen molar-refractivity contribution < 1.29 is 19.7 Å². The van der Waals surface area contributed by atoms with Gasteiger partial charge in [-0.15, -0.1) is 0 Å². The molecule has 2 rings (SSSR count). The summed E-state index contributed by atoms with van der Waals surface area (Å²) in [6.45, 7) is 0.899. The van der Waals surface area contributed by atoms with Gasteiger partial charge in [-0.1, -0.05) is 30.3 Å². The predicted molar refractivity (Wildman–Crippen MR) is 63.1 cm³/mol. The molecule has 1 aromatic rings. The first kappa shape index (κ1) is 12.8. The van der Waals surface area contributed by atoms with E-state index in [1.54, 1.807) is 0 Å². The molecule has 0 aliphatic carbocycles. The monoisotopic (exact) mass is 252 g/mol. The maximum Gasteiger partial charge on any atom is 0.424 e. The number of benzene rings is 1. The highest BCUT2D eigenvalue weighted by atomic mass is 16.6. The Morgan fingerprint density at radius 2 is 2.11 bits per heavy atom. The van der Waals surface area contributed by atoms with Gasteiger partial charge >= 0.3 is 6.09 Å². The van der Waals surface area contributed by atoms with Crippen LogP contribution >= 0.6 is 0 Å². The minimum absolute atomic E-state index is 0.380. The highest BCUT2D eigenvalue weighted by molar-refractivity contribution is 5.67. The normalized spacial score (nSPS) is 20.1. The molecule has 1 saturated heterocycles. The number of nitrogens with zero attached hydrogens (tertiary/aromatic N) is 1. The number of hydrogen-bond acceptors (Lipinski definition) is 5. The molecule has 3 N–H and O–H groups in total. The summed E-state index contributed by atoms with van der Waals surface area (Å²) in [5.41, 5.74) is 3.99. The molecule has 6 nitrogen and oxygen atoms in total. The maximum absolute atomic E-state index is 11.5. The molecule has 1 amide bonds. The van der Waals surface area contributed by atoms with Gasteiger partial charge in [0.2, 0.25) is 0 Å². The van der Waals surface area contributed by atoms with Gasteiger partial charge in [0, 0.05) is 19.5 Å². The minimum atomic E-state index is -1.62. The third-order valence-corrected chi connectivity index (χ3v) is 2.76. The molecule has 0 unspecified atom stereocenters. The van der Waals surface area contributed by atoms with Crippen LogP contribution in [0, 0.1) is 0 Å². The molecule has 0 radical (unpaired) electrons. The molecule has 0 spiro atoms. The second-order valence-electron chi connectivity index (χ2n) is 4.10. The summed E-state index contributed by atoms with van der Waals surface area (Å²) in [5, 5.41) is 19.2. The summed E-state index contributed by atoms with van der Waals surface area (Å²) < 4.78 is 4.87. The zero-order valence-corrected chi connectivity index (χ0v) is 9.82. The first-order valence-electron chi connectivity index (χ1n) is 5.78. The quantitative estimate of drug-likeness (QED) is 0.667. The van der Waals surface area contributed by atoms with Crippen LogP contribution in [0.25, 0.3) is 0 Å². The Labute approximate surface area is 105 Å². The van der Waals surface area contributed by atoms with Gasteiger partial charge in [-0.05, 0) is 5.56 Å². The fourth-order valence-corrected chi connectivity index (χ4v) is 1.74. The van der Waals surface area contributed by atoms with E-state index in [1.165, 1.54) is 5.01 Å². The van der Waals surface area contributed by atoms with Crippen LogP contribution in [0.1, 0.15) is 12.0 Å². The molecule has 0 saturated carbocycles. The molecule has 0 bridgehead atoms. The van der Waals surface area contributed by atoms with Crippen molar-refractivity contribution in [2.75, 3.05) is 6.54 Å². The number of ether oxygens (including phenoxy) is 1. The summed E-state index contributed by atoms with van der Waals surface area (Å²) in [6, 6.07) is 9.66. The van der Waals surface area contributed by atoms with E-state index in [-0.39, 0.29) is 0 Å². The average molecular weight is 252 g/mol. The third-order valence-electron chi connectivity index (χ3n) is 2.76. The van der Waals surface area contributed by atoms with E-state index in [2.05, 4.69) is 5.43 Å². The topological polar surface area (TPSA) is 82.0 Å². The van der Waals surface area contributed by atoms with E-state index in [4.69, 9.17) is 14.9 Å². The lowest BCUT2D eigenvalue weighted by Crippen LogP contribution is -2.51. The predicted octanol–water partition coefficient (Wildman–Crippen LogP) is 0.213. The molecule has 1 atom stereocenters. The van der Waals surface area contributed by atoms with Gasteiger partial charge in [-0.3, -0.25) is 0 Å². The molecular weight excluding hydrogens is 236 g/mol. The Balaban J connectivity index is 1.83. The fraction of sp³-hybridized carbons (Fsp3) is 0.417. The van der Waals surface area contributed by atoms with E-state index < -0.39 is 18.5 Å². The van der Waals surface area contributed by atoms with Crippen LogP contribution in [0.4, 0.5) is 4.79 Å². The maximum atomic E-state index is 11.5. The third kappa shape index (κ3) is 3.19. The Hall–Kier alpha value is -1.63. The Kier molecular flexibility index (Phi) is 4.14. The van der Waals surface area contributed by atoms with Gasteiger partial charge in [0.1, 0.15) is 0 Å². The second kappa shape index (κ2) is 5.81. The summed E-state index contributed by atoms with van der Waals surface area (Å²) in [5.74, 6) is 0. The van der Waals surface area contributed by atoms with Crippen LogP contribution in [-0.4, -0.2) is 40.3 Å². The number of hydrogen-bond donors (Lipinski definition) is 3. The first-order valence-corrected chi connectivity index (χ1v) is 5.78.